The summed E-state index contributed by atoms with van der Waals surface area (Å²) >= 11 is 0. The molecule has 0 saturated carbocycles. The number of methoxy groups -OCH3 is 2. The second-order valence-corrected chi connectivity index (χ2v) is 8.09. The summed E-state index contributed by atoms with van der Waals surface area (Å²) in [5.74, 6) is -0.491. The monoisotopic (exact) mass is 384 g/mol. The summed E-state index contributed by atoms with van der Waals surface area (Å²) in [6.45, 7) is 3.03. The summed E-state index contributed by atoms with van der Waals surface area (Å²) in [5, 5.41) is 7.29. The fraction of sp³-hybridized carbons (Fsp3) is 0.545. The fourth-order valence-electron chi connectivity index (χ4n) is 5.77. The van der Waals surface area contributed by atoms with E-state index in [0.717, 1.165) is 30.8 Å². The van der Waals surface area contributed by atoms with Crippen LogP contribution in [0.25, 0.3) is 0 Å². The average molecular weight is 384 g/mol. The quantitative estimate of drug-likeness (QED) is 0.761. The van der Waals surface area contributed by atoms with Crippen LogP contribution < -0.4 is 10.6 Å². The Morgan fingerprint density at radius 3 is 2.71 bits per heavy atom. The van der Waals surface area contributed by atoms with Gasteiger partial charge in [0.25, 0.3) is 0 Å². The number of hydrogen-bond donors (Lipinski definition) is 2. The van der Waals surface area contributed by atoms with Gasteiger partial charge in [0.15, 0.2) is 0 Å². The summed E-state index contributed by atoms with van der Waals surface area (Å²) in [7, 11) is 2.86. The molecule has 2 heterocycles. The number of esters is 2. The van der Waals surface area contributed by atoms with Gasteiger partial charge in [0, 0.05) is 23.8 Å². The van der Waals surface area contributed by atoms with Crippen molar-refractivity contribution in [2.75, 3.05) is 26.1 Å². The van der Waals surface area contributed by atoms with E-state index in [0.29, 0.717) is 24.8 Å². The third kappa shape index (κ3) is 2.50. The van der Waals surface area contributed by atoms with Crippen molar-refractivity contribution in [1.29, 1.82) is 0 Å². The topological polar surface area (TPSA) is 76.7 Å². The number of benzene rings is 1. The zero-order valence-electron chi connectivity index (χ0n) is 16.8. The van der Waals surface area contributed by atoms with Crippen molar-refractivity contribution in [2.45, 2.75) is 50.5 Å². The lowest BCUT2D eigenvalue weighted by Crippen LogP contribution is -2.56. The second kappa shape index (κ2) is 6.92. The predicted octanol–water partition coefficient (Wildman–Crippen LogP) is 2.89. The molecule has 3 aliphatic rings. The van der Waals surface area contributed by atoms with Crippen molar-refractivity contribution in [1.82, 2.24) is 5.32 Å². The van der Waals surface area contributed by atoms with E-state index in [4.69, 9.17) is 9.47 Å². The number of anilines is 1. The molecule has 0 aromatic heterocycles. The van der Waals surface area contributed by atoms with Gasteiger partial charge in [-0.3, -0.25) is 4.79 Å². The van der Waals surface area contributed by atoms with Crippen molar-refractivity contribution in [3.8, 4) is 0 Å². The first-order valence-electron chi connectivity index (χ1n) is 10.0. The summed E-state index contributed by atoms with van der Waals surface area (Å²) in [5.41, 5.74) is 3.48. The highest BCUT2D eigenvalue weighted by Crippen LogP contribution is 2.61. The minimum absolute atomic E-state index is 0.147. The van der Waals surface area contributed by atoms with Gasteiger partial charge in [-0.05, 0) is 49.3 Å². The van der Waals surface area contributed by atoms with E-state index in [1.165, 1.54) is 19.8 Å². The Morgan fingerprint density at radius 1 is 1.21 bits per heavy atom. The van der Waals surface area contributed by atoms with E-state index >= 15 is 0 Å². The Bertz CT molecular complexity index is 849. The molecular formula is C22H28N2O4. The number of fused-ring (bicyclic) bond motifs is 1. The van der Waals surface area contributed by atoms with E-state index in [1.807, 2.05) is 6.07 Å². The van der Waals surface area contributed by atoms with Crippen LogP contribution in [0, 0.1) is 5.41 Å². The minimum Gasteiger partial charge on any atom is -0.469 e. The fourth-order valence-corrected chi connectivity index (χ4v) is 5.77. The molecule has 2 N–H and O–H groups in total. The van der Waals surface area contributed by atoms with E-state index in [2.05, 4.69) is 35.8 Å². The second-order valence-electron chi connectivity index (χ2n) is 8.09. The predicted molar refractivity (Wildman–Crippen MR) is 106 cm³/mol. The molecule has 150 valence electrons. The van der Waals surface area contributed by atoms with Crippen LogP contribution in [0.5, 0.6) is 0 Å². The van der Waals surface area contributed by atoms with Crippen LogP contribution >= 0.6 is 0 Å². The maximum Gasteiger partial charge on any atom is 0.335 e. The number of rotatable bonds is 5. The molecule has 1 aromatic carbocycles. The summed E-state index contributed by atoms with van der Waals surface area (Å²) in [4.78, 5) is 24.8. The summed E-state index contributed by atoms with van der Waals surface area (Å²) in [6.07, 6.45) is 3.38. The van der Waals surface area contributed by atoms with Crippen LogP contribution in [-0.4, -0.2) is 38.7 Å². The van der Waals surface area contributed by atoms with Crippen molar-refractivity contribution >= 4 is 17.6 Å². The average Bonchev–Trinajstić information content (AvgIpc) is 3.32. The van der Waals surface area contributed by atoms with Crippen LogP contribution in [-0.2, 0) is 24.5 Å². The first-order valence-corrected chi connectivity index (χ1v) is 10.0. The number of carbonyl (C=O) groups is 2. The minimum atomic E-state index is -0.287. The molecule has 1 aromatic rings. The van der Waals surface area contributed by atoms with Crippen LogP contribution in [0.15, 0.2) is 35.5 Å². The lowest BCUT2D eigenvalue weighted by atomic mass is 9.55. The van der Waals surface area contributed by atoms with Gasteiger partial charge in [-0.25, -0.2) is 4.79 Å². The molecule has 2 aliphatic heterocycles. The van der Waals surface area contributed by atoms with Gasteiger partial charge in [-0.1, -0.05) is 25.1 Å². The Labute approximate surface area is 165 Å². The Morgan fingerprint density at radius 2 is 2.00 bits per heavy atom. The molecule has 6 heteroatoms. The lowest BCUT2D eigenvalue weighted by molar-refractivity contribution is -0.141. The van der Waals surface area contributed by atoms with Gasteiger partial charge in [0.05, 0.1) is 25.2 Å². The Kier molecular flexibility index (Phi) is 4.70. The molecule has 28 heavy (non-hydrogen) atoms. The molecule has 0 bridgehead atoms. The van der Waals surface area contributed by atoms with Crippen molar-refractivity contribution < 1.29 is 19.1 Å². The highest BCUT2D eigenvalue weighted by atomic mass is 16.5. The first kappa shape index (κ1) is 19.0. The summed E-state index contributed by atoms with van der Waals surface area (Å²) < 4.78 is 10.1. The molecule has 1 saturated heterocycles. The number of carbonyl (C=O) groups excluding carboxylic acids is 2. The SMILES string of the molecule is CCC1(CCC(=O)OC)CC(C(=O)OC)=C2Nc3ccccc3[C@@]23CCN[C@@H]13. The molecule has 4 rings (SSSR count). The molecular weight excluding hydrogens is 356 g/mol. The zero-order chi connectivity index (χ0) is 19.9. The van der Waals surface area contributed by atoms with Crippen LogP contribution in [0.4, 0.5) is 5.69 Å². The molecule has 0 amide bonds. The normalized spacial score (nSPS) is 30.2. The maximum atomic E-state index is 12.8. The van der Waals surface area contributed by atoms with Gasteiger partial charge >= 0.3 is 11.9 Å². The molecule has 1 aliphatic carbocycles. The Balaban J connectivity index is 1.89. The number of para-hydroxylation sites is 1. The number of ether oxygens (including phenoxy) is 2. The smallest absolute Gasteiger partial charge is 0.335 e. The third-order valence-electron chi connectivity index (χ3n) is 7.11. The van der Waals surface area contributed by atoms with E-state index in [-0.39, 0.29) is 28.8 Å². The van der Waals surface area contributed by atoms with E-state index in [1.54, 1.807) is 0 Å². The molecule has 1 unspecified atom stereocenters. The van der Waals surface area contributed by atoms with Crippen molar-refractivity contribution in [3.63, 3.8) is 0 Å². The highest BCUT2D eigenvalue weighted by molar-refractivity contribution is 5.93. The third-order valence-corrected chi connectivity index (χ3v) is 7.11. The summed E-state index contributed by atoms with van der Waals surface area (Å²) in [6, 6.07) is 8.45. The molecule has 0 radical (unpaired) electrons. The zero-order valence-corrected chi connectivity index (χ0v) is 16.8. The maximum absolute atomic E-state index is 12.8. The van der Waals surface area contributed by atoms with Crippen molar-refractivity contribution in [3.05, 3.63) is 41.1 Å². The number of hydrogen-bond acceptors (Lipinski definition) is 6. The molecule has 1 fully saturated rings. The first-order chi connectivity index (χ1) is 13.5. The highest BCUT2D eigenvalue weighted by Gasteiger charge is 2.62. The van der Waals surface area contributed by atoms with Crippen LogP contribution in [0.2, 0.25) is 0 Å². The Hall–Kier alpha value is -2.34. The molecule has 3 atom stereocenters. The van der Waals surface area contributed by atoms with Gasteiger partial charge in [-0.15, -0.1) is 0 Å². The van der Waals surface area contributed by atoms with Gasteiger partial charge in [0.1, 0.15) is 0 Å². The van der Waals surface area contributed by atoms with Gasteiger partial charge < -0.3 is 20.1 Å². The lowest BCUT2D eigenvalue weighted by Gasteiger charge is -2.50. The van der Waals surface area contributed by atoms with Crippen molar-refractivity contribution in [2.24, 2.45) is 5.41 Å². The standard InChI is InChI=1S/C22H28N2O4/c1-4-21(10-9-17(25)27-2)13-14(19(26)28-3)18-22(11-12-23-20(21)22)15-7-5-6-8-16(15)24-18/h5-8,20,23-24H,4,9-13H2,1-3H3/t20-,21?,22-/m0/s1. The van der Waals surface area contributed by atoms with E-state index in [9.17, 15) is 9.59 Å². The largest absolute Gasteiger partial charge is 0.469 e. The van der Waals surface area contributed by atoms with E-state index < -0.39 is 0 Å². The van der Waals surface area contributed by atoms with Crippen LogP contribution in [0.1, 0.15) is 44.6 Å². The van der Waals surface area contributed by atoms with Crippen LogP contribution in [0.3, 0.4) is 0 Å². The molecule has 6 nitrogen and oxygen atoms in total. The molecule has 1 spiro atoms. The number of nitrogens with one attached hydrogen (secondary N) is 2. The van der Waals surface area contributed by atoms with Gasteiger partial charge in [-0.2, -0.15) is 0 Å². The van der Waals surface area contributed by atoms with Gasteiger partial charge in [0.2, 0.25) is 0 Å².